The maximum atomic E-state index is 12.8. The molecular formula is C20H25BrN2O4S. The fraction of sp³-hybridized carbons (Fsp3) is 0.350. The molecule has 0 bridgehead atoms. The summed E-state index contributed by atoms with van der Waals surface area (Å²) in [7, 11) is -2.39. The van der Waals surface area contributed by atoms with E-state index in [2.05, 4.69) is 21.2 Å². The van der Waals surface area contributed by atoms with E-state index < -0.39 is 10.0 Å². The average molecular weight is 469 g/mol. The largest absolute Gasteiger partial charge is 0.494 e. The van der Waals surface area contributed by atoms with Crippen LogP contribution < -0.4 is 10.1 Å². The van der Waals surface area contributed by atoms with Crippen LogP contribution in [0, 0.1) is 6.92 Å². The molecule has 1 unspecified atom stereocenters. The molecule has 28 heavy (non-hydrogen) atoms. The lowest BCUT2D eigenvalue weighted by atomic mass is 10.1. The summed E-state index contributed by atoms with van der Waals surface area (Å²) in [6.45, 7) is 5.74. The molecule has 0 saturated carbocycles. The minimum Gasteiger partial charge on any atom is -0.494 e. The van der Waals surface area contributed by atoms with Gasteiger partial charge in [-0.1, -0.05) is 28.1 Å². The van der Waals surface area contributed by atoms with Gasteiger partial charge in [0.2, 0.25) is 15.9 Å². The van der Waals surface area contributed by atoms with Crippen LogP contribution in [-0.2, 0) is 14.8 Å². The van der Waals surface area contributed by atoms with Crippen molar-refractivity contribution in [2.75, 3.05) is 20.2 Å². The molecule has 2 rings (SSSR count). The van der Waals surface area contributed by atoms with Crippen LogP contribution in [0.25, 0.3) is 0 Å². The molecule has 0 aliphatic carbocycles. The molecule has 0 aromatic heterocycles. The first-order valence-electron chi connectivity index (χ1n) is 8.89. The summed E-state index contributed by atoms with van der Waals surface area (Å²) < 4.78 is 33.0. The summed E-state index contributed by atoms with van der Waals surface area (Å²) in [6.07, 6.45) is 0. The van der Waals surface area contributed by atoms with Crippen molar-refractivity contribution in [1.29, 1.82) is 0 Å². The Labute approximate surface area is 175 Å². The molecule has 1 amide bonds. The molecular weight excluding hydrogens is 444 g/mol. The van der Waals surface area contributed by atoms with E-state index in [-0.39, 0.29) is 23.4 Å². The lowest BCUT2D eigenvalue weighted by molar-refractivity contribution is -0.121. The normalized spacial score (nSPS) is 12.6. The van der Waals surface area contributed by atoms with E-state index in [9.17, 15) is 13.2 Å². The van der Waals surface area contributed by atoms with E-state index in [1.165, 1.54) is 13.1 Å². The Morgan fingerprint density at radius 2 is 1.86 bits per heavy atom. The van der Waals surface area contributed by atoms with Gasteiger partial charge in [0.15, 0.2) is 0 Å². The molecule has 152 valence electrons. The van der Waals surface area contributed by atoms with Gasteiger partial charge in [0.25, 0.3) is 0 Å². The second-order valence-corrected chi connectivity index (χ2v) is 9.42. The number of likely N-dealkylation sites (N-methyl/N-ethyl adjacent to an activating group) is 1. The van der Waals surface area contributed by atoms with Crippen molar-refractivity contribution < 1.29 is 17.9 Å². The van der Waals surface area contributed by atoms with Crippen LogP contribution in [-0.4, -0.2) is 38.8 Å². The van der Waals surface area contributed by atoms with Crippen molar-refractivity contribution in [1.82, 2.24) is 9.62 Å². The Bertz CT molecular complexity index is 930. The van der Waals surface area contributed by atoms with Gasteiger partial charge in [-0.3, -0.25) is 4.79 Å². The van der Waals surface area contributed by atoms with Gasteiger partial charge < -0.3 is 10.1 Å². The Balaban J connectivity index is 2.05. The Morgan fingerprint density at radius 3 is 2.43 bits per heavy atom. The highest BCUT2D eigenvalue weighted by atomic mass is 79.9. The third kappa shape index (κ3) is 5.56. The molecule has 2 aromatic rings. The van der Waals surface area contributed by atoms with Gasteiger partial charge in [0.05, 0.1) is 24.1 Å². The summed E-state index contributed by atoms with van der Waals surface area (Å²) in [6, 6.07) is 12.0. The van der Waals surface area contributed by atoms with Crippen molar-refractivity contribution in [3.8, 4) is 5.75 Å². The fourth-order valence-corrected chi connectivity index (χ4v) is 4.17. The first-order valence-corrected chi connectivity index (χ1v) is 11.1. The number of rotatable bonds is 8. The number of nitrogens with zero attached hydrogens (tertiary/aromatic N) is 1. The lowest BCUT2D eigenvalue weighted by Gasteiger charge is -2.20. The minimum atomic E-state index is -3.78. The van der Waals surface area contributed by atoms with Crippen molar-refractivity contribution in [2.45, 2.75) is 31.7 Å². The smallest absolute Gasteiger partial charge is 0.243 e. The van der Waals surface area contributed by atoms with E-state index in [0.717, 1.165) is 19.9 Å². The quantitative estimate of drug-likeness (QED) is 0.641. The van der Waals surface area contributed by atoms with Crippen molar-refractivity contribution in [2.24, 2.45) is 0 Å². The number of carbonyl (C=O) groups excluding carboxylic acids is 1. The van der Waals surface area contributed by atoms with Gasteiger partial charge in [-0.25, -0.2) is 8.42 Å². The van der Waals surface area contributed by atoms with Gasteiger partial charge in [0, 0.05) is 11.5 Å². The zero-order valence-corrected chi connectivity index (χ0v) is 18.8. The Hall–Kier alpha value is -1.90. The van der Waals surface area contributed by atoms with Gasteiger partial charge in [-0.2, -0.15) is 4.31 Å². The van der Waals surface area contributed by atoms with Crippen molar-refractivity contribution in [3.63, 3.8) is 0 Å². The number of nitrogens with one attached hydrogen (secondary N) is 1. The number of hydrogen-bond acceptors (Lipinski definition) is 4. The number of ether oxygens (including phenoxy) is 1. The molecule has 0 fully saturated rings. The van der Waals surface area contributed by atoms with Crippen LogP contribution in [0.5, 0.6) is 5.75 Å². The molecule has 1 N–H and O–H groups in total. The van der Waals surface area contributed by atoms with E-state index in [0.29, 0.717) is 12.4 Å². The third-order valence-corrected chi connectivity index (χ3v) is 6.60. The van der Waals surface area contributed by atoms with Gasteiger partial charge in [-0.15, -0.1) is 0 Å². The zero-order chi connectivity index (χ0) is 20.9. The number of amides is 1. The summed E-state index contributed by atoms with van der Waals surface area (Å²) in [4.78, 5) is 12.5. The maximum absolute atomic E-state index is 12.8. The summed E-state index contributed by atoms with van der Waals surface area (Å²) in [5.74, 6) is 0.273. The van der Waals surface area contributed by atoms with E-state index in [4.69, 9.17) is 4.74 Å². The summed E-state index contributed by atoms with van der Waals surface area (Å²) in [5.41, 5.74) is 1.66. The number of sulfonamides is 1. The number of halogens is 1. The lowest BCUT2D eigenvalue weighted by Crippen LogP contribution is -2.39. The minimum absolute atomic E-state index is 0.129. The first-order chi connectivity index (χ1) is 13.1. The molecule has 2 aromatic carbocycles. The molecule has 0 radical (unpaired) electrons. The summed E-state index contributed by atoms with van der Waals surface area (Å²) in [5, 5.41) is 2.83. The van der Waals surface area contributed by atoms with Crippen molar-refractivity contribution in [3.05, 3.63) is 58.1 Å². The first kappa shape index (κ1) is 22.4. The predicted octanol–water partition coefficient (Wildman–Crippen LogP) is 3.65. The van der Waals surface area contributed by atoms with Crippen LogP contribution >= 0.6 is 15.9 Å². The molecule has 0 aliphatic heterocycles. The monoisotopic (exact) mass is 468 g/mol. The Kier molecular flexibility index (Phi) is 7.63. The van der Waals surface area contributed by atoms with Gasteiger partial charge in [0.1, 0.15) is 5.75 Å². The highest BCUT2D eigenvalue weighted by Crippen LogP contribution is 2.23. The van der Waals surface area contributed by atoms with Gasteiger partial charge >= 0.3 is 0 Å². The topological polar surface area (TPSA) is 75.7 Å². The average Bonchev–Trinajstić information content (AvgIpc) is 2.63. The number of carbonyl (C=O) groups is 1. The fourth-order valence-electron chi connectivity index (χ4n) is 2.69. The molecule has 1 atom stereocenters. The molecule has 0 spiro atoms. The van der Waals surface area contributed by atoms with E-state index in [1.54, 1.807) is 19.1 Å². The molecule has 6 nitrogen and oxygen atoms in total. The van der Waals surface area contributed by atoms with Crippen LogP contribution in [0.4, 0.5) is 0 Å². The second-order valence-electron chi connectivity index (χ2n) is 6.46. The van der Waals surface area contributed by atoms with E-state index >= 15 is 0 Å². The van der Waals surface area contributed by atoms with Gasteiger partial charge in [-0.05, 0) is 62.2 Å². The Morgan fingerprint density at radius 1 is 1.21 bits per heavy atom. The SMILES string of the molecule is CCOc1ccc(S(=O)(=O)N(C)CC(=O)NC(C)c2ccc(Br)cc2)cc1C. The zero-order valence-electron chi connectivity index (χ0n) is 16.4. The highest BCUT2D eigenvalue weighted by Gasteiger charge is 2.24. The molecule has 0 saturated heterocycles. The second kappa shape index (κ2) is 9.54. The van der Waals surface area contributed by atoms with Crippen LogP contribution in [0.1, 0.15) is 31.0 Å². The highest BCUT2D eigenvalue weighted by molar-refractivity contribution is 9.10. The van der Waals surface area contributed by atoms with E-state index in [1.807, 2.05) is 38.1 Å². The summed E-state index contributed by atoms with van der Waals surface area (Å²) >= 11 is 3.37. The van der Waals surface area contributed by atoms with Crippen molar-refractivity contribution >= 4 is 31.9 Å². The molecule has 8 heteroatoms. The third-order valence-electron chi connectivity index (χ3n) is 4.27. The van der Waals surface area contributed by atoms with Crippen LogP contribution in [0.2, 0.25) is 0 Å². The maximum Gasteiger partial charge on any atom is 0.243 e. The number of aryl methyl sites for hydroxylation is 1. The predicted molar refractivity (Wildman–Crippen MR) is 113 cm³/mol. The van der Waals surface area contributed by atoms with Crippen LogP contribution in [0.3, 0.4) is 0 Å². The number of hydrogen-bond donors (Lipinski definition) is 1. The molecule has 0 heterocycles. The number of benzene rings is 2. The standard InChI is InChI=1S/C20H25BrN2O4S/c1-5-27-19-11-10-18(12-14(19)2)28(25,26)23(4)13-20(24)22-15(3)16-6-8-17(21)9-7-16/h6-12,15H,5,13H2,1-4H3,(H,22,24). The molecule has 0 aliphatic rings. The van der Waals surface area contributed by atoms with Crippen LogP contribution in [0.15, 0.2) is 51.8 Å².